The average molecular weight is 100 g/mol. The highest BCUT2D eigenvalue weighted by Gasteiger charge is 1.79. The first-order chi connectivity index (χ1) is 3.00. The summed E-state index contributed by atoms with van der Waals surface area (Å²) in [6, 6.07) is 0. The monoisotopic (exact) mass is 100 g/mol. The van der Waals surface area contributed by atoms with Gasteiger partial charge in [0.25, 0.3) is 0 Å². The summed E-state index contributed by atoms with van der Waals surface area (Å²) in [6.45, 7) is 0. The molecule has 0 radical (unpaired) electrons. The minimum Gasteiger partial charge on any atom is -0.178 e. The van der Waals surface area contributed by atoms with Crippen LogP contribution in [0.5, 0.6) is 0 Å². The van der Waals surface area contributed by atoms with Crippen LogP contribution in [0.1, 0.15) is 0 Å². The highest BCUT2D eigenvalue weighted by molar-refractivity contribution is 8.02. The molecule has 0 fully saturated rings. The van der Waals surface area contributed by atoms with Gasteiger partial charge in [0.15, 0.2) is 0 Å². The fourth-order valence-corrected chi connectivity index (χ4v) is 0.587. The van der Waals surface area contributed by atoms with E-state index >= 15 is 0 Å². The first-order valence-corrected chi connectivity index (χ1v) is 2.68. The van der Waals surface area contributed by atoms with Gasteiger partial charge < -0.3 is 0 Å². The van der Waals surface area contributed by atoms with Crippen LogP contribution in [0.2, 0.25) is 0 Å². The molecule has 0 spiro atoms. The quantitative estimate of drug-likeness (QED) is 0.454. The Balaban J connectivity index is 2.46. The molecule has 0 amide bonds. The van der Waals surface area contributed by atoms with E-state index in [2.05, 4.69) is 10.2 Å². The van der Waals surface area contributed by atoms with Crippen LogP contribution >= 0.6 is 11.8 Å². The van der Waals surface area contributed by atoms with Crippen molar-refractivity contribution in [1.29, 1.82) is 0 Å². The zero-order valence-electron chi connectivity index (χ0n) is 3.16. The molecule has 3 heteroatoms. The zero-order valence-corrected chi connectivity index (χ0v) is 3.98. The van der Waals surface area contributed by atoms with E-state index in [1.54, 1.807) is 18.0 Å². The van der Waals surface area contributed by atoms with Crippen LogP contribution in [0.3, 0.4) is 0 Å². The van der Waals surface area contributed by atoms with E-state index in [-0.39, 0.29) is 0 Å². The number of nitrogens with zero attached hydrogens (tertiary/aromatic N) is 2. The van der Waals surface area contributed by atoms with Gasteiger partial charge in [-0.3, -0.25) is 0 Å². The van der Waals surface area contributed by atoms with Crippen molar-refractivity contribution in [3.8, 4) is 0 Å². The highest BCUT2D eigenvalue weighted by Crippen LogP contribution is 2.06. The van der Waals surface area contributed by atoms with E-state index < -0.39 is 0 Å². The minimum atomic E-state index is 0.788. The molecule has 0 aromatic heterocycles. The van der Waals surface area contributed by atoms with Gasteiger partial charge >= 0.3 is 0 Å². The summed E-state index contributed by atoms with van der Waals surface area (Å²) in [5, 5.41) is 9.20. The summed E-state index contributed by atoms with van der Waals surface area (Å²) < 4.78 is 0. The Kier molecular flexibility index (Phi) is 1.27. The van der Waals surface area contributed by atoms with Gasteiger partial charge in [-0.15, -0.1) is 11.8 Å². The Bertz CT molecular complexity index is 74.8. The van der Waals surface area contributed by atoms with Gasteiger partial charge in [0.05, 0.1) is 6.20 Å². The molecular formula is C3H4N2S. The van der Waals surface area contributed by atoms with Crippen LogP contribution in [-0.4, -0.2) is 5.88 Å². The SMILES string of the molecule is C1=CSCN=N1. The van der Waals surface area contributed by atoms with Crippen LogP contribution in [-0.2, 0) is 0 Å². The largest absolute Gasteiger partial charge is 0.178 e. The maximum absolute atomic E-state index is 3.68. The van der Waals surface area contributed by atoms with E-state index in [1.165, 1.54) is 0 Å². The van der Waals surface area contributed by atoms with E-state index in [9.17, 15) is 0 Å². The van der Waals surface area contributed by atoms with E-state index in [0.29, 0.717) is 0 Å². The van der Waals surface area contributed by atoms with Crippen LogP contribution in [0.15, 0.2) is 21.8 Å². The second kappa shape index (κ2) is 1.97. The first-order valence-electron chi connectivity index (χ1n) is 1.63. The van der Waals surface area contributed by atoms with Crippen molar-refractivity contribution >= 4 is 11.8 Å². The third kappa shape index (κ3) is 0.825. The first kappa shape index (κ1) is 3.87. The third-order valence-electron chi connectivity index (χ3n) is 0.438. The Morgan fingerprint density at radius 3 is 2.83 bits per heavy atom. The van der Waals surface area contributed by atoms with Crippen LogP contribution in [0, 0.1) is 0 Å². The number of hydrogen-bond acceptors (Lipinski definition) is 3. The second-order valence-corrected chi connectivity index (χ2v) is 1.70. The van der Waals surface area contributed by atoms with Crippen LogP contribution < -0.4 is 0 Å². The molecule has 0 saturated heterocycles. The van der Waals surface area contributed by atoms with Gasteiger partial charge in [0.1, 0.15) is 5.88 Å². The molecule has 0 saturated carbocycles. The summed E-state index contributed by atoms with van der Waals surface area (Å²) in [7, 11) is 0. The van der Waals surface area contributed by atoms with Crippen molar-refractivity contribution in [3.05, 3.63) is 11.6 Å². The predicted molar refractivity (Wildman–Crippen MR) is 26.5 cm³/mol. The van der Waals surface area contributed by atoms with E-state index in [1.807, 2.05) is 5.41 Å². The maximum Gasteiger partial charge on any atom is 0.110 e. The molecule has 0 unspecified atom stereocenters. The molecule has 1 aliphatic rings. The van der Waals surface area contributed by atoms with Gasteiger partial charge in [0.2, 0.25) is 0 Å². The molecule has 0 bridgehead atoms. The Morgan fingerprint density at radius 2 is 2.67 bits per heavy atom. The minimum absolute atomic E-state index is 0.788. The molecular weight excluding hydrogens is 96.1 g/mol. The van der Waals surface area contributed by atoms with Crippen molar-refractivity contribution < 1.29 is 0 Å². The molecule has 0 aromatic carbocycles. The van der Waals surface area contributed by atoms with Crippen molar-refractivity contribution in [2.75, 3.05) is 5.88 Å². The summed E-state index contributed by atoms with van der Waals surface area (Å²) in [4.78, 5) is 0. The van der Waals surface area contributed by atoms with Crippen molar-refractivity contribution in [2.24, 2.45) is 10.2 Å². The molecule has 1 aliphatic heterocycles. The summed E-state index contributed by atoms with van der Waals surface area (Å²) in [5.74, 6) is 0.788. The van der Waals surface area contributed by atoms with Gasteiger partial charge in [-0.1, -0.05) is 0 Å². The Hall–Kier alpha value is -0.310. The standard InChI is InChI=1S/C3H4N2S/c1-2-6-3-5-4-1/h1-2H,3H2. The van der Waals surface area contributed by atoms with Gasteiger partial charge in [-0.25, -0.2) is 0 Å². The molecule has 0 N–H and O–H groups in total. The number of thioether (sulfide) groups is 1. The van der Waals surface area contributed by atoms with Gasteiger partial charge in [-0.05, 0) is 5.41 Å². The molecule has 1 heterocycles. The number of azo groups is 1. The van der Waals surface area contributed by atoms with Crippen LogP contribution in [0.25, 0.3) is 0 Å². The molecule has 0 atom stereocenters. The molecule has 6 heavy (non-hydrogen) atoms. The predicted octanol–water partition coefficient (Wildman–Crippen LogP) is 1.61. The van der Waals surface area contributed by atoms with Gasteiger partial charge in [-0.2, -0.15) is 10.2 Å². The Labute approximate surface area is 40.3 Å². The maximum atomic E-state index is 3.68. The molecule has 32 valence electrons. The van der Waals surface area contributed by atoms with Crippen molar-refractivity contribution in [2.45, 2.75) is 0 Å². The fourth-order valence-electron chi connectivity index (χ4n) is 0.227. The lowest BCUT2D eigenvalue weighted by Gasteiger charge is -1.87. The normalized spacial score (nSPS) is 18.7. The fraction of sp³-hybridized carbons (Fsp3) is 0.333. The lowest BCUT2D eigenvalue weighted by Crippen LogP contribution is -1.66. The zero-order chi connectivity index (χ0) is 4.24. The summed E-state index contributed by atoms with van der Waals surface area (Å²) in [6.07, 6.45) is 1.69. The molecule has 1 rings (SSSR count). The lowest BCUT2D eigenvalue weighted by molar-refractivity contribution is 1.12. The lowest BCUT2D eigenvalue weighted by atomic mass is 11.1. The summed E-state index contributed by atoms with van der Waals surface area (Å²) >= 11 is 1.65. The second-order valence-electron chi connectivity index (χ2n) is 0.838. The van der Waals surface area contributed by atoms with E-state index in [0.717, 1.165) is 5.88 Å². The molecule has 0 aliphatic carbocycles. The Morgan fingerprint density at radius 1 is 1.67 bits per heavy atom. The van der Waals surface area contributed by atoms with Gasteiger partial charge in [0, 0.05) is 0 Å². The summed E-state index contributed by atoms with van der Waals surface area (Å²) in [5.41, 5.74) is 0. The van der Waals surface area contributed by atoms with Crippen molar-refractivity contribution in [1.82, 2.24) is 0 Å². The smallest absolute Gasteiger partial charge is 0.110 e. The molecule has 2 nitrogen and oxygen atoms in total. The highest BCUT2D eigenvalue weighted by atomic mass is 32.2. The average Bonchev–Trinajstić information content (AvgIpc) is 1.72. The molecule has 0 aromatic rings. The van der Waals surface area contributed by atoms with Crippen LogP contribution in [0.4, 0.5) is 0 Å². The number of rotatable bonds is 0. The number of hydrogen-bond donors (Lipinski definition) is 0. The third-order valence-corrected chi connectivity index (χ3v) is 1.02. The topological polar surface area (TPSA) is 24.7 Å². The van der Waals surface area contributed by atoms with Crippen molar-refractivity contribution in [3.63, 3.8) is 0 Å². The van der Waals surface area contributed by atoms with E-state index in [4.69, 9.17) is 0 Å².